The van der Waals surface area contributed by atoms with Crippen molar-refractivity contribution in [1.82, 2.24) is 0 Å². The molecule has 0 aliphatic heterocycles. The van der Waals surface area contributed by atoms with Crippen molar-refractivity contribution in [3.8, 4) is 0 Å². The van der Waals surface area contributed by atoms with Crippen molar-refractivity contribution < 1.29 is 56.0 Å². The minimum absolute atomic E-state index is 0.0284. The van der Waals surface area contributed by atoms with Gasteiger partial charge >= 0.3 is 8.56 Å². The van der Waals surface area contributed by atoms with Crippen molar-refractivity contribution in [3.63, 3.8) is 0 Å². The fraction of sp³-hybridized carbons (Fsp3) is 1.00. The molecule has 0 heterocycles. The summed E-state index contributed by atoms with van der Waals surface area (Å²) in [6.07, 6.45) is 0.997. The molecule has 0 radical (unpaired) electrons. The van der Waals surface area contributed by atoms with Gasteiger partial charge in [0.2, 0.25) is 0 Å². The molecule has 0 saturated carbocycles. The highest BCUT2D eigenvalue weighted by Gasteiger charge is 2.37. The summed E-state index contributed by atoms with van der Waals surface area (Å²) in [5, 5.41) is 8.58. The quantitative estimate of drug-likeness (QED) is 0.0795. The van der Waals surface area contributed by atoms with Crippen molar-refractivity contribution >= 4 is 25.2 Å². The predicted molar refractivity (Wildman–Crippen MR) is 174 cm³/mol. The first-order valence-corrected chi connectivity index (χ1v) is 25.0. The molecule has 43 heavy (non-hydrogen) atoms. The van der Waals surface area contributed by atoms with Crippen molar-refractivity contribution in [2.75, 3.05) is 126 Å². The number of aliphatic hydroxyl groups excluding tert-OH is 1. The third-order valence-corrected chi connectivity index (χ3v) is 15.5. The van der Waals surface area contributed by atoms with Crippen LogP contribution in [-0.2, 0) is 50.9 Å². The van der Waals surface area contributed by atoms with E-state index in [2.05, 4.69) is 45.8 Å². The summed E-state index contributed by atoms with van der Waals surface area (Å²) >= 11 is 0. The van der Waals surface area contributed by atoms with Crippen molar-refractivity contribution in [2.45, 2.75) is 58.3 Å². The zero-order valence-corrected chi connectivity index (χ0v) is 31.3. The second-order valence-corrected chi connectivity index (χ2v) is 24.5. The van der Waals surface area contributed by atoms with Crippen LogP contribution in [0.4, 0.5) is 0 Å². The van der Waals surface area contributed by atoms with E-state index in [0.717, 1.165) is 19.1 Å². The highest BCUT2D eigenvalue weighted by atomic mass is 28.5. The largest absolute Gasteiger partial charge is 0.437 e. The van der Waals surface area contributed by atoms with E-state index in [1.165, 1.54) is 0 Å². The summed E-state index contributed by atoms with van der Waals surface area (Å²) in [4.78, 5) is 0. The highest BCUT2D eigenvalue weighted by molar-refractivity contribution is 6.87. The first kappa shape index (κ1) is 43.2. The van der Waals surface area contributed by atoms with Crippen LogP contribution in [0.25, 0.3) is 0 Å². The number of ether oxygens (including phenoxy) is 9. The normalized spacial score (nSPS) is 12.8. The molecule has 0 bridgehead atoms. The lowest BCUT2D eigenvalue weighted by atomic mass is 10.5. The molecule has 1 N–H and O–H groups in total. The van der Waals surface area contributed by atoms with Crippen LogP contribution in [0, 0.1) is 0 Å². The summed E-state index contributed by atoms with van der Waals surface area (Å²) in [6, 6.07) is 1.06. The molecule has 0 aromatic heterocycles. The van der Waals surface area contributed by atoms with Crippen LogP contribution in [0.1, 0.15) is 6.42 Å². The van der Waals surface area contributed by atoms with Gasteiger partial charge in [0.25, 0.3) is 0 Å². The van der Waals surface area contributed by atoms with Gasteiger partial charge in [0.1, 0.15) is 0 Å². The first-order chi connectivity index (χ1) is 20.5. The molecule has 0 spiro atoms. The van der Waals surface area contributed by atoms with E-state index < -0.39 is 25.2 Å². The monoisotopic (exact) mass is 676 g/mol. The zero-order valence-electron chi connectivity index (χ0n) is 28.3. The maximum absolute atomic E-state index is 8.58. The van der Waals surface area contributed by atoms with E-state index in [9.17, 15) is 0 Å². The van der Waals surface area contributed by atoms with Gasteiger partial charge in [-0.2, -0.15) is 0 Å². The summed E-state index contributed by atoms with van der Waals surface area (Å²) in [7, 11) is -5.43. The highest BCUT2D eigenvalue weighted by Crippen LogP contribution is 2.23. The lowest BCUT2D eigenvalue weighted by Gasteiger charge is -2.37. The molecule has 260 valence electrons. The Morgan fingerprint density at radius 2 is 0.651 bits per heavy atom. The predicted octanol–water partition coefficient (Wildman–Crippen LogP) is 3.29. The Kier molecular flexibility index (Phi) is 28.5. The van der Waals surface area contributed by atoms with Crippen LogP contribution < -0.4 is 0 Å². The zero-order chi connectivity index (χ0) is 32.1. The van der Waals surface area contributed by atoms with Gasteiger partial charge in [0.05, 0.1) is 119 Å². The van der Waals surface area contributed by atoms with Crippen molar-refractivity contribution in [1.29, 1.82) is 0 Å². The molecule has 0 aromatic rings. The van der Waals surface area contributed by atoms with E-state index in [1.54, 1.807) is 0 Å². The van der Waals surface area contributed by atoms with Gasteiger partial charge in [0, 0.05) is 6.61 Å². The minimum Gasteiger partial charge on any atom is -0.437 e. The standard InChI is InChI=1S/C28H64O12Si3/c1-41(2,3)39-43(6,7)40-42(4,5)28-8-10-30-12-14-32-16-18-34-20-22-36-24-26-38-27-25-37-23-21-35-19-17-33-15-13-31-11-9-29/h29H,8-28H2,1-7H3. The van der Waals surface area contributed by atoms with Crippen LogP contribution in [0.3, 0.4) is 0 Å². The molecular weight excluding hydrogens is 613 g/mol. The molecule has 0 aliphatic rings. The Balaban J connectivity index is 3.29. The molecule has 0 amide bonds. The van der Waals surface area contributed by atoms with E-state index >= 15 is 0 Å². The minimum atomic E-state index is -2.08. The van der Waals surface area contributed by atoms with Crippen LogP contribution in [0.5, 0.6) is 0 Å². The molecule has 0 rings (SSSR count). The Bertz CT molecular complexity index is 598. The van der Waals surface area contributed by atoms with Crippen molar-refractivity contribution in [3.05, 3.63) is 0 Å². The lowest BCUT2D eigenvalue weighted by Crippen LogP contribution is -2.51. The number of hydrogen-bond donors (Lipinski definition) is 1. The fourth-order valence-corrected chi connectivity index (χ4v) is 17.2. The van der Waals surface area contributed by atoms with E-state index in [1.807, 2.05) is 0 Å². The Hall–Kier alpha value is 0.171. The van der Waals surface area contributed by atoms with Gasteiger partial charge < -0.3 is 56.0 Å². The van der Waals surface area contributed by atoms with E-state index in [4.69, 9.17) is 56.0 Å². The molecule has 15 heteroatoms. The SMILES string of the molecule is C[Si](C)(C)O[Si](C)(C)O[Si](C)(C)CCCOCCOCCOCCOCCOCCOCCOCCOCCOCCO. The second kappa shape index (κ2) is 28.4. The van der Waals surface area contributed by atoms with Crippen LogP contribution in [0.15, 0.2) is 0 Å². The fourth-order valence-electron chi connectivity index (χ4n) is 4.00. The third-order valence-electron chi connectivity index (χ3n) is 5.35. The molecule has 0 fully saturated rings. The van der Waals surface area contributed by atoms with E-state index in [0.29, 0.717) is 112 Å². The molecule has 0 aromatic carbocycles. The van der Waals surface area contributed by atoms with Crippen LogP contribution >= 0.6 is 0 Å². The Morgan fingerprint density at radius 3 is 0.930 bits per heavy atom. The Labute approximate surface area is 264 Å². The second-order valence-electron chi connectivity index (χ2n) is 11.8. The van der Waals surface area contributed by atoms with Gasteiger partial charge in [-0.05, 0) is 58.3 Å². The Morgan fingerprint density at radius 1 is 0.372 bits per heavy atom. The van der Waals surface area contributed by atoms with Gasteiger partial charge in [-0.15, -0.1) is 0 Å². The van der Waals surface area contributed by atoms with Gasteiger partial charge in [-0.1, -0.05) is 0 Å². The summed E-state index contributed by atoms with van der Waals surface area (Å²) in [5.74, 6) is 0. The van der Waals surface area contributed by atoms with Crippen LogP contribution in [0.2, 0.25) is 51.9 Å². The molecule has 0 unspecified atom stereocenters. The summed E-state index contributed by atoms with van der Waals surface area (Å²) in [5.41, 5.74) is 0. The summed E-state index contributed by atoms with van der Waals surface area (Å²) in [6.45, 7) is 25.0. The molecule has 0 saturated heterocycles. The number of rotatable bonds is 34. The molecule has 12 nitrogen and oxygen atoms in total. The van der Waals surface area contributed by atoms with Crippen molar-refractivity contribution in [2.24, 2.45) is 0 Å². The topological polar surface area (TPSA) is 122 Å². The van der Waals surface area contributed by atoms with Gasteiger partial charge in [0.15, 0.2) is 16.6 Å². The third kappa shape index (κ3) is 34.9. The lowest BCUT2D eigenvalue weighted by molar-refractivity contribution is -0.0255. The average molecular weight is 677 g/mol. The van der Waals surface area contributed by atoms with Gasteiger partial charge in [-0.3, -0.25) is 0 Å². The average Bonchev–Trinajstić information content (AvgIpc) is 2.90. The maximum Gasteiger partial charge on any atom is 0.311 e. The molecule has 0 atom stereocenters. The maximum atomic E-state index is 8.58. The number of hydrogen-bond acceptors (Lipinski definition) is 12. The van der Waals surface area contributed by atoms with Gasteiger partial charge in [-0.25, -0.2) is 0 Å². The number of aliphatic hydroxyl groups is 1. The van der Waals surface area contributed by atoms with E-state index in [-0.39, 0.29) is 6.61 Å². The molecular formula is C28H64O12Si3. The molecule has 0 aliphatic carbocycles. The van der Waals surface area contributed by atoms with Crippen LogP contribution in [-0.4, -0.2) is 156 Å². The summed E-state index contributed by atoms with van der Waals surface area (Å²) < 4.78 is 61.9. The smallest absolute Gasteiger partial charge is 0.311 e. The first-order valence-electron chi connectivity index (χ1n) is 15.7.